The number of urea groups is 1. The fourth-order valence-electron chi connectivity index (χ4n) is 3.67. The molecule has 0 atom stereocenters. The fraction of sp³-hybridized carbons (Fsp3) is 0.650. The van der Waals surface area contributed by atoms with Gasteiger partial charge in [-0.2, -0.15) is 11.8 Å². The van der Waals surface area contributed by atoms with Crippen molar-refractivity contribution in [3.8, 4) is 0 Å². The van der Waals surface area contributed by atoms with Crippen LogP contribution in [0, 0.1) is 5.92 Å². The van der Waals surface area contributed by atoms with Crippen LogP contribution in [0.2, 0.25) is 0 Å². The van der Waals surface area contributed by atoms with Gasteiger partial charge in [0.1, 0.15) is 0 Å². The van der Waals surface area contributed by atoms with E-state index in [1.165, 1.54) is 62.3 Å². The van der Waals surface area contributed by atoms with Crippen molar-refractivity contribution in [1.82, 2.24) is 10.2 Å². The molecule has 1 aromatic rings. The molecule has 1 saturated carbocycles. The highest BCUT2D eigenvalue weighted by atomic mass is 32.2. The minimum Gasteiger partial charge on any atom is -0.338 e. The summed E-state index contributed by atoms with van der Waals surface area (Å²) in [6.45, 7) is 4.37. The fourth-order valence-corrected chi connectivity index (χ4v) is 4.65. The summed E-state index contributed by atoms with van der Waals surface area (Å²) in [6, 6.07) is 8.22. The summed E-state index contributed by atoms with van der Waals surface area (Å²) in [5.74, 6) is 3.19. The lowest BCUT2D eigenvalue weighted by Crippen LogP contribution is -2.34. The van der Waals surface area contributed by atoms with Crippen molar-refractivity contribution in [3.05, 3.63) is 29.8 Å². The Morgan fingerprint density at radius 1 is 1.08 bits per heavy atom. The van der Waals surface area contributed by atoms with E-state index in [-0.39, 0.29) is 6.03 Å². The van der Waals surface area contributed by atoms with E-state index in [0.29, 0.717) is 5.92 Å². The molecule has 1 heterocycles. The van der Waals surface area contributed by atoms with E-state index in [1.807, 2.05) is 12.1 Å². The van der Waals surface area contributed by atoms with Gasteiger partial charge in [0.25, 0.3) is 0 Å². The lowest BCUT2D eigenvalue weighted by Gasteiger charge is -2.26. The molecule has 2 amide bonds. The van der Waals surface area contributed by atoms with E-state index in [1.54, 1.807) is 0 Å². The zero-order chi connectivity index (χ0) is 17.3. The Hall–Kier alpha value is -1.20. The smallest absolute Gasteiger partial charge is 0.319 e. The predicted molar refractivity (Wildman–Crippen MR) is 108 cm³/mol. The molecule has 0 radical (unpaired) electrons. The molecule has 2 N–H and O–H groups in total. The number of nitrogens with one attached hydrogen (secondary N) is 2. The largest absolute Gasteiger partial charge is 0.338 e. The van der Waals surface area contributed by atoms with Crippen LogP contribution < -0.4 is 10.6 Å². The quantitative estimate of drug-likeness (QED) is 0.805. The van der Waals surface area contributed by atoms with Gasteiger partial charge in [-0.1, -0.05) is 31.4 Å². The van der Waals surface area contributed by atoms with Gasteiger partial charge in [0.05, 0.1) is 0 Å². The first-order valence-corrected chi connectivity index (χ1v) is 10.9. The number of hydrogen-bond donors (Lipinski definition) is 2. The maximum absolute atomic E-state index is 12.0. The van der Waals surface area contributed by atoms with Gasteiger partial charge >= 0.3 is 6.03 Å². The maximum atomic E-state index is 12.0. The highest BCUT2D eigenvalue weighted by Gasteiger charge is 2.14. The topological polar surface area (TPSA) is 44.4 Å². The third kappa shape index (κ3) is 6.55. The summed E-state index contributed by atoms with van der Waals surface area (Å²) in [7, 11) is 0. The highest BCUT2D eigenvalue weighted by molar-refractivity contribution is 7.99. The van der Waals surface area contributed by atoms with E-state index < -0.39 is 0 Å². The van der Waals surface area contributed by atoms with Gasteiger partial charge < -0.3 is 15.5 Å². The molecule has 1 aliphatic carbocycles. The zero-order valence-electron chi connectivity index (χ0n) is 15.1. The van der Waals surface area contributed by atoms with Crippen molar-refractivity contribution in [2.75, 3.05) is 43.0 Å². The van der Waals surface area contributed by atoms with E-state index in [9.17, 15) is 4.79 Å². The molecule has 2 aliphatic rings. The lowest BCUT2D eigenvalue weighted by molar-refractivity contribution is 0.247. The van der Waals surface area contributed by atoms with Gasteiger partial charge in [-0.15, -0.1) is 0 Å². The first-order chi connectivity index (χ1) is 12.3. The van der Waals surface area contributed by atoms with Crippen LogP contribution in [0.3, 0.4) is 0 Å². The molecule has 3 rings (SSSR count). The Labute approximate surface area is 156 Å². The molecule has 1 aliphatic heterocycles. The van der Waals surface area contributed by atoms with Gasteiger partial charge in [0.2, 0.25) is 0 Å². The minimum atomic E-state index is -0.0795. The van der Waals surface area contributed by atoms with E-state index in [0.717, 1.165) is 25.2 Å². The normalized spacial score (nSPS) is 19.5. The zero-order valence-corrected chi connectivity index (χ0v) is 16.0. The van der Waals surface area contributed by atoms with Gasteiger partial charge in [0, 0.05) is 43.4 Å². The van der Waals surface area contributed by atoms with Crippen LogP contribution in [0.5, 0.6) is 0 Å². The van der Waals surface area contributed by atoms with Crippen LogP contribution in [0.1, 0.15) is 37.7 Å². The Morgan fingerprint density at radius 2 is 1.80 bits per heavy atom. The molecule has 0 bridgehead atoms. The summed E-state index contributed by atoms with van der Waals surface area (Å²) in [6.07, 6.45) is 7.57. The molecule has 138 valence electrons. The molecule has 25 heavy (non-hydrogen) atoms. The second-order valence-electron chi connectivity index (χ2n) is 7.24. The molecule has 1 aromatic carbocycles. The molecule has 0 unspecified atom stereocenters. The second kappa shape index (κ2) is 10.1. The van der Waals surface area contributed by atoms with Crippen molar-refractivity contribution in [2.24, 2.45) is 5.92 Å². The van der Waals surface area contributed by atoms with Crippen LogP contribution in [-0.2, 0) is 6.42 Å². The molecule has 0 aromatic heterocycles. The second-order valence-corrected chi connectivity index (χ2v) is 8.46. The third-order valence-electron chi connectivity index (χ3n) is 5.31. The number of carbonyl (C=O) groups is 1. The van der Waals surface area contributed by atoms with Crippen LogP contribution >= 0.6 is 11.8 Å². The predicted octanol–water partition coefficient (Wildman–Crippen LogP) is 3.98. The number of nitrogens with zero attached hydrogens (tertiary/aromatic N) is 1. The number of rotatable bonds is 6. The molecule has 4 nitrogen and oxygen atoms in total. The number of thioether (sulfide) groups is 1. The number of amides is 2. The summed E-state index contributed by atoms with van der Waals surface area (Å²) in [5.41, 5.74) is 2.21. The summed E-state index contributed by atoms with van der Waals surface area (Å²) < 4.78 is 0. The standard InChI is InChI=1S/C20H31N3OS/c24-20(21-16-18-4-2-1-3-5-18)22-19-8-6-17(7-9-19)10-11-23-12-14-25-15-13-23/h6-9,18H,1-5,10-16H2,(H2,21,22,24). The maximum Gasteiger partial charge on any atom is 0.319 e. The Balaban J connectivity index is 1.36. The molecular formula is C20H31N3OS. The molecular weight excluding hydrogens is 330 g/mol. The lowest BCUT2D eigenvalue weighted by atomic mass is 9.89. The molecule has 2 fully saturated rings. The summed E-state index contributed by atoms with van der Waals surface area (Å²) in [5, 5.41) is 5.98. The minimum absolute atomic E-state index is 0.0795. The molecule has 0 spiro atoms. The number of carbonyl (C=O) groups excluding carboxylic acids is 1. The van der Waals surface area contributed by atoms with Crippen molar-refractivity contribution in [3.63, 3.8) is 0 Å². The van der Waals surface area contributed by atoms with E-state index in [4.69, 9.17) is 0 Å². The third-order valence-corrected chi connectivity index (χ3v) is 6.25. The van der Waals surface area contributed by atoms with Crippen LogP contribution in [0.4, 0.5) is 10.5 Å². The Morgan fingerprint density at radius 3 is 2.52 bits per heavy atom. The summed E-state index contributed by atoms with van der Waals surface area (Å²) >= 11 is 2.05. The Bertz CT molecular complexity index is 522. The number of benzene rings is 1. The molecule has 5 heteroatoms. The molecule has 1 saturated heterocycles. The number of anilines is 1. The first kappa shape index (κ1) is 18.6. The van der Waals surface area contributed by atoms with Crippen molar-refractivity contribution >= 4 is 23.5 Å². The van der Waals surface area contributed by atoms with Gasteiger partial charge in [-0.05, 0) is 42.9 Å². The van der Waals surface area contributed by atoms with Gasteiger partial charge in [0.15, 0.2) is 0 Å². The van der Waals surface area contributed by atoms with E-state index >= 15 is 0 Å². The average molecular weight is 362 g/mol. The Kier molecular flexibility index (Phi) is 7.49. The van der Waals surface area contributed by atoms with Crippen molar-refractivity contribution < 1.29 is 4.79 Å². The van der Waals surface area contributed by atoms with Crippen LogP contribution in [0.25, 0.3) is 0 Å². The van der Waals surface area contributed by atoms with E-state index in [2.05, 4.69) is 39.4 Å². The summed E-state index contributed by atoms with van der Waals surface area (Å²) in [4.78, 5) is 14.6. The van der Waals surface area contributed by atoms with Crippen molar-refractivity contribution in [2.45, 2.75) is 38.5 Å². The monoisotopic (exact) mass is 361 g/mol. The van der Waals surface area contributed by atoms with Crippen LogP contribution in [0.15, 0.2) is 24.3 Å². The SMILES string of the molecule is O=C(NCC1CCCCC1)Nc1ccc(CCN2CCSCC2)cc1. The van der Waals surface area contributed by atoms with Crippen LogP contribution in [-0.4, -0.2) is 48.6 Å². The van der Waals surface area contributed by atoms with Gasteiger partial charge in [-0.25, -0.2) is 4.79 Å². The van der Waals surface area contributed by atoms with Crippen molar-refractivity contribution in [1.29, 1.82) is 0 Å². The van der Waals surface area contributed by atoms with Gasteiger partial charge in [-0.3, -0.25) is 0 Å². The highest BCUT2D eigenvalue weighted by Crippen LogP contribution is 2.22. The number of hydrogen-bond acceptors (Lipinski definition) is 3. The average Bonchev–Trinajstić information content (AvgIpc) is 2.67. The first-order valence-electron chi connectivity index (χ1n) is 9.73.